The molecule has 0 aromatic heterocycles. The van der Waals surface area contributed by atoms with Crippen molar-refractivity contribution in [1.82, 2.24) is 4.90 Å². The van der Waals surface area contributed by atoms with Gasteiger partial charge in [0.2, 0.25) is 0 Å². The quantitative estimate of drug-likeness (QED) is 0.305. The van der Waals surface area contributed by atoms with Gasteiger partial charge in [-0.15, -0.1) is 0 Å². The molecule has 1 heterocycles. The van der Waals surface area contributed by atoms with Crippen molar-refractivity contribution in [2.75, 3.05) is 6.54 Å². The monoisotopic (exact) mass is 510 g/mol. The van der Waals surface area contributed by atoms with Gasteiger partial charge in [-0.3, -0.25) is 9.69 Å². The van der Waals surface area contributed by atoms with Crippen LogP contribution in [0.15, 0.2) is 76.6 Å². The van der Waals surface area contributed by atoms with Crippen molar-refractivity contribution in [3.8, 4) is 5.75 Å². The summed E-state index contributed by atoms with van der Waals surface area (Å²) in [6, 6.07) is 21.0. The number of carbonyl (C=O) groups excluding carboxylic acids is 1. The molecular weight excluding hydrogens is 487 g/mol. The zero-order valence-corrected chi connectivity index (χ0v) is 21.3. The molecule has 4 rings (SSSR count). The number of halogens is 2. The van der Waals surface area contributed by atoms with Gasteiger partial charge in [-0.25, -0.2) is 4.99 Å². The summed E-state index contributed by atoms with van der Waals surface area (Å²) in [6.45, 7) is 4.97. The number of nitrogens with zero attached hydrogens (tertiary/aromatic N) is 2. The van der Waals surface area contributed by atoms with Crippen LogP contribution in [0.25, 0.3) is 6.08 Å². The summed E-state index contributed by atoms with van der Waals surface area (Å²) in [6.07, 6.45) is 2.78. The summed E-state index contributed by atoms with van der Waals surface area (Å²) < 4.78 is 5.85. The van der Waals surface area contributed by atoms with E-state index in [1.165, 1.54) is 11.8 Å². The predicted octanol–water partition coefficient (Wildman–Crippen LogP) is 7.76. The van der Waals surface area contributed by atoms with Crippen LogP contribution in [-0.4, -0.2) is 22.5 Å². The van der Waals surface area contributed by atoms with E-state index in [1.807, 2.05) is 61.5 Å². The molecule has 1 amide bonds. The van der Waals surface area contributed by atoms with Gasteiger partial charge in [-0.2, -0.15) is 0 Å². The third kappa shape index (κ3) is 5.66. The molecule has 0 spiro atoms. The topological polar surface area (TPSA) is 41.9 Å². The number of amides is 1. The molecule has 34 heavy (non-hydrogen) atoms. The standard InChI is InChI=1S/C27H24Cl2N2O2S/c1-3-19-7-5-6-8-24(19)30-27-31(4-2)26(32)25(34-27)15-18-9-13-22(14-10-18)33-17-20-11-12-21(28)16-23(20)29/h5-16H,3-4,17H2,1-2H3/b25-15+,30-27?. The van der Waals surface area contributed by atoms with Gasteiger partial charge in [0, 0.05) is 22.2 Å². The van der Waals surface area contributed by atoms with Gasteiger partial charge in [0.25, 0.3) is 5.91 Å². The second-order valence-electron chi connectivity index (χ2n) is 7.63. The van der Waals surface area contributed by atoms with Gasteiger partial charge in [-0.1, -0.05) is 66.5 Å². The fourth-order valence-corrected chi connectivity index (χ4v) is 5.02. The Bertz CT molecular complexity index is 1260. The number of carbonyl (C=O) groups is 1. The summed E-state index contributed by atoms with van der Waals surface area (Å²) in [7, 11) is 0. The van der Waals surface area contributed by atoms with Gasteiger partial charge in [0.05, 0.1) is 10.6 Å². The molecule has 0 unspecified atom stereocenters. The lowest BCUT2D eigenvalue weighted by Gasteiger charge is -2.12. The Balaban J connectivity index is 1.48. The van der Waals surface area contributed by atoms with Crippen LogP contribution in [0.1, 0.15) is 30.5 Å². The van der Waals surface area contributed by atoms with E-state index in [9.17, 15) is 4.79 Å². The van der Waals surface area contributed by atoms with Crippen molar-refractivity contribution in [1.29, 1.82) is 0 Å². The Morgan fingerprint density at radius 3 is 2.47 bits per heavy atom. The maximum Gasteiger partial charge on any atom is 0.266 e. The van der Waals surface area contributed by atoms with Crippen LogP contribution in [0.5, 0.6) is 5.75 Å². The number of aliphatic imine (C=N–C) groups is 1. The summed E-state index contributed by atoms with van der Waals surface area (Å²) in [5.74, 6) is 0.685. The Morgan fingerprint density at radius 2 is 1.76 bits per heavy atom. The molecule has 0 saturated carbocycles. The number of ether oxygens (including phenoxy) is 1. The predicted molar refractivity (Wildman–Crippen MR) is 143 cm³/mol. The zero-order chi connectivity index (χ0) is 24.1. The molecule has 0 atom stereocenters. The third-order valence-corrected chi connectivity index (χ3v) is 6.97. The maximum atomic E-state index is 13.0. The highest BCUT2D eigenvalue weighted by Gasteiger charge is 2.32. The molecular formula is C27H24Cl2N2O2S. The van der Waals surface area contributed by atoms with Gasteiger partial charge >= 0.3 is 0 Å². The Morgan fingerprint density at radius 1 is 1.00 bits per heavy atom. The molecule has 0 radical (unpaired) electrons. The van der Waals surface area contributed by atoms with Crippen LogP contribution in [0.4, 0.5) is 5.69 Å². The number of para-hydroxylation sites is 1. The first-order valence-corrected chi connectivity index (χ1v) is 12.6. The minimum Gasteiger partial charge on any atom is -0.489 e. The fourth-order valence-electron chi connectivity index (χ4n) is 3.50. The van der Waals surface area contributed by atoms with Crippen LogP contribution in [0, 0.1) is 0 Å². The van der Waals surface area contributed by atoms with Crippen molar-refractivity contribution in [3.05, 3.63) is 98.4 Å². The van der Waals surface area contributed by atoms with Gasteiger partial charge in [0.1, 0.15) is 12.4 Å². The van der Waals surface area contributed by atoms with Crippen molar-refractivity contribution in [2.45, 2.75) is 26.9 Å². The average Bonchev–Trinajstić information content (AvgIpc) is 3.13. The normalized spacial score (nSPS) is 16.0. The summed E-state index contributed by atoms with van der Waals surface area (Å²) in [5, 5.41) is 1.87. The number of amidine groups is 1. The molecule has 3 aromatic carbocycles. The Labute approximate surface area is 214 Å². The molecule has 0 aliphatic carbocycles. The van der Waals surface area contributed by atoms with Crippen molar-refractivity contribution >= 4 is 57.8 Å². The van der Waals surface area contributed by atoms with Crippen molar-refractivity contribution in [2.24, 2.45) is 4.99 Å². The number of aryl methyl sites for hydroxylation is 1. The first kappa shape index (κ1) is 24.4. The average molecular weight is 511 g/mol. The minimum absolute atomic E-state index is 0.0297. The number of likely N-dealkylation sites (N-methyl/N-ethyl adjacent to an activating group) is 1. The minimum atomic E-state index is -0.0297. The third-order valence-electron chi connectivity index (χ3n) is 5.38. The lowest BCUT2D eigenvalue weighted by atomic mass is 10.1. The first-order valence-electron chi connectivity index (χ1n) is 11.0. The second kappa shape index (κ2) is 11.1. The number of rotatable bonds is 7. The molecule has 4 nitrogen and oxygen atoms in total. The smallest absolute Gasteiger partial charge is 0.266 e. The van der Waals surface area contributed by atoms with Crippen LogP contribution >= 0.6 is 35.0 Å². The summed E-state index contributed by atoms with van der Waals surface area (Å²) in [4.78, 5) is 20.2. The number of hydrogen-bond donors (Lipinski definition) is 0. The highest BCUT2D eigenvalue weighted by molar-refractivity contribution is 8.18. The van der Waals surface area contributed by atoms with Gasteiger partial charge in [-0.05, 0) is 72.6 Å². The summed E-state index contributed by atoms with van der Waals surface area (Å²) >= 11 is 13.6. The van der Waals surface area contributed by atoms with E-state index in [2.05, 4.69) is 13.0 Å². The highest BCUT2D eigenvalue weighted by Crippen LogP contribution is 2.35. The molecule has 1 aliphatic rings. The SMILES string of the molecule is CCc1ccccc1N=C1S/C(=C/c2ccc(OCc3ccc(Cl)cc3Cl)cc2)C(=O)N1CC. The largest absolute Gasteiger partial charge is 0.489 e. The lowest BCUT2D eigenvalue weighted by Crippen LogP contribution is -2.28. The first-order chi connectivity index (χ1) is 16.5. The van der Waals surface area contributed by atoms with E-state index in [-0.39, 0.29) is 5.91 Å². The van der Waals surface area contributed by atoms with Crippen LogP contribution in [0.2, 0.25) is 10.0 Å². The molecule has 0 bridgehead atoms. The van der Waals surface area contributed by atoms with E-state index in [4.69, 9.17) is 32.9 Å². The second-order valence-corrected chi connectivity index (χ2v) is 9.48. The van der Waals surface area contributed by atoms with Crippen LogP contribution < -0.4 is 4.74 Å². The highest BCUT2D eigenvalue weighted by atomic mass is 35.5. The van der Waals surface area contributed by atoms with Crippen LogP contribution in [-0.2, 0) is 17.8 Å². The van der Waals surface area contributed by atoms with E-state index < -0.39 is 0 Å². The molecule has 1 fully saturated rings. The molecule has 3 aromatic rings. The molecule has 0 N–H and O–H groups in total. The Hall–Kier alpha value is -2.73. The summed E-state index contributed by atoms with van der Waals surface area (Å²) in [5.41, 5.74) is 3.84. The molecule has 7 heteroatoms. The van der Waals surface area contributed by atoms with E-state index in [0.29, 0.717) is 39.0 Å². The number of benzene rings is 3. The number of thioether (sulfide) groups is 1. The molecule has 1 saturated heterocycles. The Kier molecular flexibility index (Phi) is 7.99. The van der Waals surface area contributed by atoms with E-state index in [0.717, 1.165) is 28.8 Å². The van der Waals surface area contributed by atoms with Crippen molar-refractivity contribution < 1.29 is 9.53 Å². The zero-order valence-electron chi connectivity index (χ0n) is 18.9. The van der Waals surface area contributed by atoms with Crippen LogP contribution in [0.3, 0.4) is 0 Å². The van der Waals surface area contributed by atoms with Crippen molar-refractivity contribution in [3.63, 3.8) is 0 Å². The molecule has 1 aliphatic heterocycles. The van der Waals surface area contributed by atoms with E-state index in [1.54, 1.807) is 17.0 Å². The van der Waals surface area contributed by atoms with Gasteiger partial charge < -0.3 is 4.74 Å². The fraction of sp³-hybridized carbons (Fsp3) is 0.185. The van der Waals surface area contributed by atoms with Gasteiger partial charge in [0.15, 0.2) is 5.17 Å². The molecule has 174 valence electrons. The number of hydrogen-bond acceptors (Lipinski definition) is 4. The maximum absolute atomic E-state index is 13.0. The lowest BCUT2D eigenvalue weighted by molar-refractivity contribution is -0.122. The van der Waals surface area contributed by atoms with E-state index >= 15 is 0 Å².